The number of ether oxygens (including phenoxy) is 4. The van der Waals surface area contributed by atoms with Gasteiger partial charge in [0.2, 0.25) is 11.6 Å². The Labute approximate surface area is 193 Å². The van der Waals surface area contributed by atoms with E-state index < -0.39 is 23.1 Å². The first kappa shape index (κ1) is 24.1. The average Bonchev–Trinajstić information content (AvgIpc) is 2.85. The molecule has 3 rings (SSSR count). The highest BCUT2D eigenvalue weighted by atomic mass is 16.5. The number of aromatic nitrogens is 2. The Morgan fingerprint density at radius 1 is 1.06 bits per heavy atom. The molecule has 0 fully saturated rings. The third-order valence-electron chi connectivity index (χ3n) is 4.92. The number of hydrogen-bond acceptors (Lipinski definition) is 9. The summed E-state index contributed by atoms with van der Waals surface area (Å²) in [7, 11) is 5.28. The Morgan fingerprint density at radius 3 is 2.32 bits per heavy atom. The maximum atomic E-state index is 12.5. The normalized spacial score (nSPS) is 10.8. The highest BCUT2D eigenvalue weighted by Crippen LogP contribution is 2.46. The minimum absolute atomic E-state index is 0.0101. The van der Waals surface area contributed by atoms with Crippen LogP contribution < -0.4 is 25.5 Å². The molecule has 1 aromatic heterocycles. The Hall–Kier alpha value is -4.54. The van der Waals surface area contributed by atoms with Crippen molar-refractivity contribution in [3.05, 3.63) is 73.9 Å². The first-order valence-electron chi connectivity index (χ1n) is 9.91. The number of carbonyl (C=O) groups is 1. The van der Waals surface area contributed by atoms with E-state index in [0.717, 1.165) is 16.3 Å². The summed E-state index contributed by atoms with van der Waals surface area (Å²) in [6, 6.07) is 10.3. The van der Waals surface area contributed by atoms with Gasteiger partial charge in [-0.3, -0.25) is 19.3 Å². The van der Waals surface area contributed by atoms with Crippen molar-refractivity contribution in [3.8, 4) is 23.1 Å². The van der Waals surface area contributed by atoms with Crippen LogP contribution in [0.3, 0.4) is 0 Å². The average molecular weight is 469 g/mol. The first-order chi connectivity index (χ1) is 16.4. The van der Waals surface area contributed by atoms with Crippen molar-refractivity contribution in [2.45, 2.75) is 6.54 Å². The number of aromatic hydroxyl groups is 1. The highest BCUT2D eigenvalue weighted by molar-refractivity contribution is 6.00. The van der Waals surface area contributed by atoms with Crippen molar-refractivity contribution in [2.24, 2.45) is 4.99 Å². The fourth-order valence-corrected chi connectivity index (χ4v) is 3.27. The summed E-state index contributed by atoms with van der Waals surface area (Å²) in [5, 5.41) is 10.7. The molecule has 0 atom stereocenters. The van der Waals surface area contributed by atoms with E-state index in [2.05, 4.69) is 9.98 Å². The SMILES string of the molecule is COC(=O)c1cc(OC)c(OC)c(OC)c1N=Cc1c(O)n(Cc2ccccc2)c(=O)[nH]c1=O. The van der Waals surface area contributed by atoms with Crippen LogP contribution in [0.1, 0.15) is 21.5 Å². The van der Waals surface area contributed by atoms with E-state index in [1.807, 2.05) is 6.07 Å². The largest absolute Gasteiger partial charge is 0.494 e. The lowest BCUT2D eigenvalue weighted by atomic mass is 10.1. The lowest BCUT2D eigenvalue weighted by Crippen LogP contribution is -2.32. The van der Waals surface area contributed by atoms with Gasteiger partial charge in [0, 0.05) is 12.3 Å². The van der Waals surface area contributed by atoms with Crippen molar-refractivity contribution < 1.29 is 28.8 Å². The lowest BCUT2D eigenvalue weighted by Gasteiger charge is -2.16. The van der Waals surface area contributed by atoms with Gasteiger partial charge in [0.05, 0.1) is 40.5 Å². The molecule has 0 aliphatic rings. The molecule has 0 saturated heterocycles. The topological polar surface area (TPSA) is 141 Å². The molecule has 0 saturated carbocycles. The second kappa shape index (κ2) is 10.4. The smallest absolute Gasteiger partial charge is 0.340 e. The van der Waals surface area contributed by atoms with Gasteiger partial charge in [0.15, 0.2) is 11.5 Å². The second-order valence-electron chi connectivity index (χ2n) is 6.86. The fraction of sp³-hybridized carbons (Fsp3) is 0.217. The molecule has 0 spiro atoms. The first-order valence-corrected chi connectivity index (χ1v) is 9.91. The molecule has 3 aromatic rings. The van der Waals surface area contributed by atoms with Crippen molar-refractivity contribution >= 4 is 17.9 Å². The zero-order valence-electron chi connectivity index (χ0n) is 18.9. The van der Waals surface area contributed by atoms with Crippen LogP contribution >= 0.6 is 0 Å². The number of esters is 1. The number of H-pyrrole nitrogens is 1. The van der Waals surface area contributed by atoms with E-state index in [9.17, 15) is 19.5 Å². The van der Waals surface area contributed by atoms with Crippen LogP contribution in [0.25, 0.3) is 0 Å². The number of hydrogen-bond donors (Lipinski definition) is 2. The quantitative estimate of drug-likeness (QED) is 0.376. The Kier molecular flexibility index (Phi) is 7.36. The minimum atomic E-state index is -0.866. The number of carbonyl (C=O) groups excluding carboxylic acids is 1. The summed E-state index contributed by atoms with van der Waals surface area (Å²) >= 11 is 0. The molecule has 34 heavy (non-hydrogen) atoms. The molecule has 0 aliphatic carbocycles. The number of aromatic amines is 1. The Bertz CT molecular complexity index is 1340. The molecule has 2 N–H and O–H groups in total. The van der Waals surface area contributed by atoms with Crippen LogP contribution in [0, 0.1) is 0 Å². The number of methoxy groups -OCH3 is 4. The molecule has 11 heteroatoms. The van der Waals surface area contributed by atoms with Gasteiger partial charge >= 0.3 is 11.7 Å². The number of aliphatic imine (C=N–C) groups is 1. The molecular formula is C23H23N3O8. The molecule has 1 heterocycles. The van der Waals surface area contributed by atoms with Gasteiger partial charge in [-0.1, -0.05) is 30.3 Å². The van der Waals surface area contributed by atoms with Gasteiger partial charge in [0.1, 0.15) is 11.3 Å². The predicted molar refractivity (Wildman–Crippen MR) is 123 cm³/mol. The summed E-state index contributed by atoms with van der Waals surface area (Å²) in [5.41, 5.74) is -1.31. The van der Waals surface area contributed by atoms with Gasteiger partial charge in [0.25, 0.3) is 5.56 Å². The van der Waals surface area contributed by atoms with E-state index in [4.69, 9.17) is 18.9 Å². The molecule has 0 radical (unpaired) electrons. The van der Waals surface area contributed by atoms with E-state index in [1.165, 1.54) is 34.5 Å². The summed E-state index contributed by atoms with van der Waals surface area (Å²) in [4.78, 5) is 43.6. The third-order valence-corrected chi connectivity index (χ3v) is 4.92. The number of benzene rings is 2. The predicted octanol–water partition coefficient (Wildman–Crippen LogP) is 1.85. The maximum absolute atomic E-state index is 12.5. The molecular weight excluding hydrogens is 446 g/mol. The summed E-state index contributed by atoms with van der Waals surface area (Å²) in [6.45, 7) is 0.0101. The monoisotopic (exact) mass is 469 g/mol. The van der Waals surface area contributed by atoms with Crippen LogP contribution in [0.2, 0.25) is 0 Å². The highest BCUT2D eigenvalue weighted by Gasteiger charge is 2.25. The van der Waals surface area contributed by atoms with Crippen LogP contribution in [-0.4, -0.2) is 55.3 Å². The van der Waals surface area contributed by atoms with Gasteiger partial charge in [-0.15, -0.1) is 0 Å². The van der Waals surface area contributed by atoms with Crippen LogP contribution in [-0.2, 0) is 11.3 Å². The zero-order valence-corrected chi connectivity index (χ0v) is 18.9. The third kappa shape index (κ3) is 4.63. The van der Waals surface area contributed by atoms with E-state index >= 15 is 0 Å². The van der Waals surface area contributed by atoms with Crippen LogP contribution in [0.4, 0.5) is 5.69 Å². The maximum Gasteiger partial charge on any atom is 0.340 e. The summed E-state index contributed by atoms with van der Waals surface area (Å²) in [6.07, 6.45) is 1.02. The molecule has 11 nitrogen and oxygen atoms in total. The number of nitrogens with zero attached hydrogens (tertiary/aromatic N) is 2. The van der Waals surface area contributed by atoms with Crippen LogP contribution in [0.15, 0.2) is 51.0 Å². The van der Waals surface area contributed by atoms with E-state index in [1.54, 1.807) is 24.3 Å². The number of nitrogens with one attached hydrogen (secondary N) is 1. The van der Waals surface area contributed by atoms with Crippen molar-refractivity contribution in [1.82, 2.24) is 9.55 Å². The Balaban J connectivity index is 2.19. The van der Waals surface area contributed by atoms with Crippen LogP contribution in [0.5, 0.6) is 23.1 Å². The molecule has 2 aromatic carbocycles. The number of rotatable bonds is 8. The van der Waals surface area contributed by atoms with Crippen molar-refractivity contribution in [2.75, 3.05) is 28.4 Å². The molecule has 0 bridgehead atoms. The Morgan fingerprint density at radius 2 is 1.74 bits per heavy atom. The molecule has 0 unspecified atom stereocenters. The molecule has 0 aliphatic heterocycles. The lowest BCUT2D eigenvalue weighted by molar-refractivity contribution is 0.0601. The minimum Gasteiger partial charge on any atom is -0.494 e. The van der Waals surface area contributed by atoms with Gasteiger partial charge in [-0.25, -0.2) is 9.59 Å². The van der Waals surface area contributed by atoms with E-state index in [-0.39, 0.29) is 40.6 Å². The van der Waals surface area contributed by atoms with Crippen molar-refractivity contribution in [1.29, 1.82) is 0 Å². The molecule has 178 valence electrons. The summed E-state index contributed by atoms with van der Waals surface area (Å²) < 4.78 is 21.8. The second-order valence-corrected chi connectivity index (χ2v) is 6.86. The standard InChI is InChI=1S/C23H23N3O8/c1-31-16-10-14(22(29)34-4)17(19(33-3)18(16)32-2)24-11-15-20(27)25-23(30)26(21(15)28)12-13-8-6-5-7-9-13/h5-11,28H,12H2,1-4H3,(H,25,27,30). The molecule has 0 amide bonds. The van der Waals surface area contributed by atoms with E-state index in [0.29, 0.717) is 0 Å². The van der Waals surface area contributed by atoms with Gasteiger partial charge in [-0.05, 0) is 5.56 Å². The fourth-order valence-electron chi connectivity index (χ4n) is 3.27. The van der Waals surface area contributed by atoms with Gasteiger partial charge < -0.3 is 24.1 Å². The zero-order chi connectivity index (χ0) is 24.8. The summed E-state index contributed by atoms with van der Waals surface area (Å²) in [5.74, 6) is -0.973. The van der Waals surface area contributed by atoms with Gasteiger partial charge in [-0.2, -0.15) is 0 Å². The van der Waals surface area contributed by atoms with Crippen molar-refractivity contribution in [3.63, 3.8) is 0 Å².